The number of thioether (sulfide) groups is 1. The maximum absolute atomic E-state index is 5.53. The van der Waals surface area contributed by atoms with Gasteiger partial charge in [-0.25, -0.2) is 0 Å². The van der Waals surface area contributed by atoms with E-state index >= 15 is 0 Å². The van der Waals surface area contributed by atoms with Crippen molar-refractivity contribution in [3.05, 3.63) is 0 Å². The van der Waals surface area contributed by atoms with Crippen LogP contribution in [0.25, 0.3) is 0 Å². The van der Waals surface area contributed by atoms with E-state index in [9.17, 15) is 0 Å². The molecular weight excluding hydrogens is 180 g/mol. The summed E-state index contributed by atoms with van der Waals surface area (Å²) in [4.78, 5) is 0. The highest BCUT2D eigenvalue weighted by Crippen LogP contribution is 2.24. The summed E-state index contributed by atoms with van der Waals surface area (Å²) in [6.45, 7) is 4.05. The van der Waals surface area contributed by atoms with Crippen LogP contribution in [0.3, 0.4) is 0 Å². The Hall–Kier alpha value is 0.270. The van der Waals surface area contributed by atoms with Crippen LogP contribution in [0.1, 0.15) is 26.2 Å². The predicted molar refractivity (Wildman–Crippen MR) is 61.2 cm³/mol. The van der Waals surface area contributed by atoms with Gasteiger partial charge in [-0.15, -0.1) is 0 Å². The summed E-state index contributed by atoms with van der Waals surface area (Å²) in [5.41, 5.74) is 5.53. The molecule has 0 radical (unpaired) electrons. The molecule has 0 aliphatic carbocycles. The minimum Gasteiger partial charge on any atom is -0.329 e. The average molecular weight is 202 g/mol. The molecule has 1 heterocycles. The van der Waals surface area contributed by atoms with Crippen molar-refractivity contribution in [3.63, 3.8) is 0 Å². The van der Waals surface area contributed by atoms with Crippen molar-refractivity contribution in [1.29, 1.82) is 0 Å². The monoisotopic (exact) mass is 202 g/mol. The molecule has 13 heavy (non-hydrogen) atoms. The average Bonchev–Trinajstić information content (AvgIpc) is 2.19. The molecule has 2 nitrogen and oxygen atoms in total. The van der Waals surface area contributed by atoms with Crippen molar-refractivity contribution in [1.82, 2.24) is 5.32 Å². The summed E-state index contributed by atoms with van der Waals surface area (Å²) in [5.74, 6) is 3.72. The minimum atomic E-state index is 0.484. The molecule has 3 heteroatoms. The molecule has 0 aromatic heterocycles. The second-order valence-corrected chi connectivity index (χ2v) is 5.16. The molecule has 1 aliphatic heterocycles. The van der Waals surface area contributed by atoms with E-state index in [4.69, 9.17) is 5.73 Å². The van der Waals surface area contributed by atoms with E-state index in [-0.39, 0.29) is 0 Å². The molecule has 78 valence electrons. The Labute approximate surface area is 86.0 Å². The maximum atomic E-state index is 5.53. The number of hydrogen-bond acceptors (Lipinski definition) is 3. The molecule has 0 amide bonds. The van der Waals surface area contributed by atoms with Gasteiger partial charge in [-0.2, -0.15) is 11.8 Å². The van der Waals surface area contributed by atoms with Crippen molar-refractivity contribution in [2.24, 2.45) is 11.7 Å². The van der Waals surface area contributed by atoms with E-state index in [0.29, 0.717) is 6.04 Å². The van der Waals surface area contributed by atoms with Crippen LogP contribution in [-0.2, 0) is 0 Å². The number of nitrogens with two attached hydrogens (primary N) is 1. The van der Waals surface area contributed by atoms with Crippen LogP contribution < -0.4 is 11.1 Å². The third-order valence-corrected chi connectivity index (χ3v) is 3.79. The van der Waals surface area contributed by atoms with Gasteiger partial charge in [0.15, 0.2) is 0 Å². The smallest absolute Gasteiger partial charge is 0.0161 e. The lowest BCUT2D eigenvalue weighted by Crippen LogP contribution is -2.34. The van der Waals surface area contributed by atoms with E-state index < -0.39 is 0 Å². The fourth-order valence-electron chi connectivity index (χ4n) is 1.65. The summed E-state index contributed by atoms with van der Waals surface area (Å²) in [7, 11) is 0. The Balaban J connectivity index is 1.98. The van der Waals surface area contributed by atoms with Crippen LogP contribution in [-0.4, -0.2) is 30.6 Å². The van der Waals surface area contributed by atoms with E-state index in [2.05, 4.69) is 24.0 Å². The van der Waals surface area contributed by atoms with Crippen molar-refractivity contribution in [3.8, 4) is 0 Å². The Morgan fingerprint density at radius 1 is 1.46 bits per heavy atom. The number of hydrogen-bond donors (Lipinski definition) is 2. The molecule has 1 aliphatic rings. The normalized spacial score (nSPS) is 21.7. The predicted octanol–water partition coefficient (Wildman–Crippen LogP) is 1.46. The highest BCUT2D eigenvalue weighted by molar-refractivity contribution is 7.99. The molecule has 1 atom stereocenters. The lowest BCUT2D eigenvalue weighted by atomic mass is 9.99. The quantitative estimate of drug-likeness (QED) is 0.709. The molecule has 0 saturated carbocycles. The maximum Gasteiger partial charge on any atom is 0.0161 e. The lowest BCUT2D eigenvalue weighted by molar-refractivity contribution is 0.421. The molecule has 1 fully saturated rings. The summed E-state index contributed by atoms with van der Waals surface area (Å²) in [6, 6.07) is 0.484. The van der Waals surface area contributed by atoms with Crippen molar-refractivity contribution in [2.45, 2.75) is 32.2 Å². The Morgan fingerprint density at radius 3 is 2.77 bits per heavy atom. The second-order valence-electron chi connectivity index (χ2n) is 3.94. The highest BCUT2D eigenvalue weighted by Gasteiger charge is 2.12. The van der Waals surface area contributed by atoms with Gasteiger partial charge in [0.2, 0.25) is 0 Å². The van der Waals surface area contributed by atoms with Gasteiger partial charge in [-0.3, -0.25) is 0 Å². The van der Waals surface area contributed by atoms with Gasteiger partial charge < -0.3 is 11.1 Å². The molecule has 0 aromatic rings. The first-order valence-electron chi connectivity index (χ1n) is 5.34. The van der Waals surface area contributed by atoms with E-state index in [1.54, 1.807) is 0 Å². The van der Waals surface area contributed by atoms with Gasteiger partial charge >= 0.3 is 0 Å². The second kappa shape index (κ2) is 6.68. The van der Waals surface area contributed by atoms with Crippen molar-refractivity contribution < 1.29 is 0 Å². The molecule has 1 unspecified atom stereocenters. The Bertz CT molecular complexity index is 124. The Kier molecular flexibility index (Phi) is 5.83. The van der Waals surface area contributed by atoms with Crippen LogP contribution in [0.4, 0.5) is 0 Å². The number of nitrogens with one attached hydrogen (secondary N) is 1. The zero-order valence-corrected chi connectivity index (χ0v) is 9.41. The standard InChI is InChI=1S/C10H22N2S/c1-9(8-11)12-5-2-10-3-6-13-7-4-10/h9-10,12H,2-8,11H2,1H3. The van der Waals surface area contributed by atoms with Gasteiger partial charge in [-0.1, -0.05) is 0 Å². The molecule has 0 spiro atoms. The molecule has 3 N–H and O–H groups in total. The molecule has 0 bridgehead atoms. The third kappa shape index (κ3) is 4.89. The summed E-state index contributed by atoms with van der Waals surface area (Å²) in [5, 5.41) is 3.45. The van der Waals surface area contributed by atoms with Gasteiger partial charge in [0.1, 0.15) is 0 Å². The number of rotatable bonds is 5. The lowest BCUT2D eigenvalue weighted by Gasteiger charge is -2.22. The fraction of sp³-hybridized carbons (Fsp3) is 1.00. The van der Waals surface area contributed by atoms with Crippen LogP contribution >= 0.6 is 11.8 Å². The summed E-state index contributed by atoms with van der Waals surface area (Å²) < 4.78 is 0. The SMILES string of the molecule is CC(CN)NCCC1CCSCC1. The van der Waals surface area contributed by atoms with Crippen LogP contribution in [0.15, 0.2) is 0 Å². The minimum absolute atomic E-state index is 0.484. The summed E-state index contributed by atoms with van der Waals surface area (Å²) >= 11 is 2.10. The highest BCUT2D eigenvalue weighted by atomic mass is 32.2. The van der Waals surface area contributed by atoms with Gasteiger partial charge in [0.05, 0.1) is 0 Å². The molecular formula is C10H22N2S. The first-order chi connectivity index (χ1) is 6.33. The van der Waals surface area contributed by atoms with Crippen molar-refractivity contribution >= 4 is 11.8 Å². The van der Waals surface area contributed by atoms with E-state index in [1.807, 2.05) is 0 Å². The first-order valence-corrected chi connectivity index (χ1v) is 6.49. The van der Waals surface area contributed by atoms with Gasteiger partial charge in [-0.05, 0) is 50.2 Å². The first kappa shape index (κ1) is 11.3. The van der Waals surface area contributed by atoms with Crippen LogP contribution in [0, 0.1) is 5.92 Å². The molecule has 0 aromatic carbocycles. The fourth-order valence-corrected chi connectivity index (χ4v) is 2.86. The van der Waals surface area contributed by atoms with Gasteiger partial charge in [0, 0.05) is 12.6 Å². The van der Waals surface area contributed by atoms with Gasteiger partial charge in [0.25, 0.3) is 0 Å². The third-order valence-electron chi connectivity index (χ3n) is 2.74. The molecule has 1 saturated heterocycles. The molecule has 1 rings (SSSR count). The van der Waals surface area contributed by atoms with E-state index in [1.165, 1.54) is 30.8 Å². The summed E-state index contributed by atoms with van der Waals surface area (Å²) in [6.07, 6.45) is 4.18. The van der Waals surface area contributed by atoms with Crippen LogP contribution in [0.2, 0.25) is 0 Å². The topological polar surface area (TPSA) is 38.0 Å². The van der Waals surface area contributed by atoms with Crippen LogP contribution in [0.5, 0.6) is 0 Å². The van der Waals surface area contributed by atoms with Crippen molar-refractivity contribution in [2.75, 3.05) is 24.6 Å². The Morgan fingerprint density at radius 2 is 2.15 bits per heavy atom. The zero-order valence-electron chi connectivity index (χ0n) is 8.59. The van der Waals surface area contributed by atoms with E-state index in [0.717, 1.165) is 19.0 Å². The largest absolute Gasteiger partial charge is 0.329 e. The zero-order chi connectivity index (χ0) is 9.52.